The number of hydrazone groups is 1. The molecule has 0 saturated heterocycles. The van der Waals surface area contributed by atoms with E-state index in [9.17, 15) is 5.11 Å². The van der Waals surface area contributed by atoms with Gasteiger partial charge in [0, 0.05) is 5.56 Å². The molecule has 0 bridgehead atoms. The Hall–Kier alpha value is -2.20. The molecule has 0 spiro atoms. The lowest BCUT2D eigenvalue weighted by Gasteiger charge is -2.05. The van der Waals surface area contributed by atoms with Crippen molar-refractivity contribution in [3.05, 3.63) is 53.1 Å². The van der Waals surface area contributed by atoms with Crippen LogP contribution < -0.4 is 10.2 Å². The van der Waals surface area contributed by atoms with Crippen LogP contribution >= 0.6 is 11.6 Å². The van der Waals surface area contributed by atoms with Gasteiger partial charge in [0.05, 0.1) is 24.0 Å². The number of ether oxygens (including phenoxy) is 1. The zero-order valence-corrected chi connectivity index (χ0v) is 11.1. The topological polar surface area (TPSA) is 53.8 Å². The van der Waals surface area contributed by atoms with Crippen molar-refractivity contribution in [3.8, 4) is 11.5 Å². The molecule has 98 valence electrons. The highest BCUT2D eigenvalue weighted by molar-refractivity contribution is 6.32. The molecular weight excluding hydrogens is 264 g/mol. The summed E-state index contributed by atoms with van der Waals surface area (Å²) in [5.74, 6) is 0.790. The molecule has 2 N–H and O–H groups in total. The van der Waals surface area contributed by atoms with Crippen LogP contribution in [0, 0.1) is 0 Å². The van der Waals surface area contributed by atoms with Gasteiger partial charge < -0.3 is 9.84 Å². The maximum absolute atomic E-state index is 9.56. The number of phenols is 1. The number of aromatic hydroxyl groups is 1. The van der Waals surface area contributed by atoms with E-state index in [-0.39, 0.29) is 5.75 Å². The molecule has 2 aromatic rings. The van der Waals surface area contributed by atoms with Crippen LogP contribution in [0.4, 0.5) is 5.69 Å². The molecule has 2 rings (SSSR count). The summed E-state index contributed by atoms with van der Waals surface area (Å²) in [5, 5.41) is 14.1. The Morgan fingerprint density at radius 2 is 2.05 bits per heavy atom. The quantitative estimate of drug-likeness (QED) is 0.664. The van der Waals surface area contributed by atoms with E-state index in [0.717, 1.165) is 5.69 Å². The second-order valence-corrected chi connectivity index (χ2v) is 4.19. The van der Waals surface area contributed by atoms with Gasteiger partial charge in [-0.3, -0.25) is 5.43 Å². The average Bonchev–Trinajstić information content (AvgIpc) is 2.41. The predicted octanol–water partition coefficient (Wildman–Crippen LogP) is 3.50. The summed E-state index contributed by atoms with van der Waals surface area (Å²) in [5.41, 5.74) is 4.20. The number of para-hydroxylation sites is 1. The van der Waals surface area contributed by atoms with Crippen molar-refractivity contribution in [1.82, 2.24) is 0 Å². The third-order valence-corrected chi connectivity index (χ3v) is 2.78. The van der Waals surface area contributed by atoms with Crippen molar-refractivity contribution < 1.29 is 9.84 Å². The highest BCUT2D eigenvalue weighted by atomic mass is 35.5. The highest BCUT2D eigenvalue weighted by Crippen LogP contribution is 2.27. The summed E-state index contributed by atoms with van der Waals surface area (Å²) in [7, 11) is 1.56. The Bertz CT molecular complexity index is 600. The van der Waals surface area contributed by atoms with Gasteiger partial charge in [-0.2, -0.15) is 5.10 Å². The Morgan fingerprint density at radius 3 is 2.74 bits per heavy atom. The number of rotatable bonds is 4. The molecular formula is C14H13ClN2O2. The zero-order chi connectivity index (χ0) is 13.7. The van der Waals surface area contributed by atoms with E-state index < -0.39 is 0 Å². The molecule has 0 aromatic heterocycles. The first-order valence-electron chi connectivity index (χ1n) is 5.61. The molecule has 0 unspecified atom stereocenters. The monoisotopic (exact) mass is 276 g/mol. The lowest BCUT2D eigenvalue weighted by atomic mass is 10.2. The first-order valence-corrected chi connectivity index (χ1v) is 5.99. The third kappa shape index (κ3) is 3.39. The van der Waals surface area contributed by atoms with Gasteiger partial charge in [-0.05, 0) is 30.3 Å². The van der Waals surface area contributed by atoms with E-state index in [4.69, 9.17) is 16.3 Å². The van der Waals surface area contributed by atoms with Crippen LogP contribution in [0.1, 0.15) is 5.56 Å². The largest absolute Gasteiger partial charge is 0.507 e. The second kappa shape index (κ2) is 6.11. The highest BCUT2D eigenvalue weighted by Gasteiger charge is 2.00. The van der Waals surface area contributed by atoms with Gasteiger partial charge in [0.1, 0.15) is 11.5 Å². The van der Waals surface area contributed by atoms with E-state index in [1.165, 1.54) is 6.21 Å². The number of halogens is 1. The minimum Gasteiger partial charge on any atom is -0.507 e. The molecule has 0 aliphatic heterocycles. The lowest BCUT2D eigenvalue weighted by Crippen LogP contribution is -1.92. The van der Waals surface area contributed by atoms with Crippen LogP contribution in [0.15, 0.2) is 47.6 Å². The van der Waals surface area contributed by atoms with Crippen molar-refractivity contribution in [3.63, 3.8) is 0 Å². The normalized spacial score (nSPS) is 10.6. The molecule has 0 saturated carbocycles. The summed E-state index contributed by atoms with van der Waals surface area (Å²) in [6, 6.07) is 12.2. The van der Waals surface area contributed by atoms with Gasteiger partial charge in [-0.1, -0.05) is 23.7 Å². The van der Waals surface area contributed by atoms with Crippen LogP contribution in [-0.4, -0.2) is 18.4 Å². The van der Waals surface area contributed by atoms with Crippen molar-refractivity contribution in [2.45, 2.75) is 0 Å². The standard InChI is InChI=1S/C14H13ClN2O2/c1-19-14-7-6-11(8-12(14)15)17-16-9-10-4-2-3-5-13(10)18/h2-9,17-18H,1H3/b16-9+. The lowest BCUT2D eigenvalue weighted by molar-refractivity contribution is 0.415. The fourth-order valence-corrected chi connectivity index (χ4v) is 1.77. The number of phenolic OH excluding ortho intramolecular Hbond substituents is 1. The Kier molecular flexibility index (Phi) is 4.26. The Labute approximate surface area is 116 Å². The van der Waals surface area contributed by atoms with Crippen molar-refractivity contribution in [1.29, 1.82) is 0 Å². The van der Waals surface area contributed by atoms with Crippen molar-refractivity contribution in [2.24, 2.45) is 5.10 Å². The third-order valence-electron chi connectivity index (χ3n) is 2.49. The number of benzene rings is 2. The average molecular weight is 277 g/mol. The van der Waals surface area contributed by atoms with Gasteiger partial charge in [-0.15, -0.1) is 0 Å². The predicted molar refractivity (Wildman–Crippen MR) is 77.3 cm³/mol. The summed E-state index contributed by atoms with van der Waals surface area (Å²) in [6.45, 7) is 0. The second-order valence-electron chi connectivity index (χ2n) is 3.78. The molecule has 0 aliphatic rings. The Morgan fingerprint density at radius 1 is 1.26 bits per heavy atom. The number of nitrogens with zero attached hydrogens (tertiary/aromatic N) is 1. The van der Waals surface area contributed by atoms with Crippen LogP contribution in [-0.2, 0) is 0 Å². The number of anilines is 1. The van der Waals surface area contributed by atoms with E-state index in [2.05, 4.69) is 10.5 Å². The molecule has 2 aromatic carbocycles. The molecule has 0 radical (unpaired) electrons. The fourth-order valence-electron chi connectivity index (χ4n) is 1.51. The van der Waals surface area contributed by atoms with Crippen LogP contribution in [0.25, 0.3) is 0 Å². The van der Waals surface area contributed by atoms with E-state index in [0.29, 0.717) is 16.3 Å². The van der Waals surface area contributed by atoms with Crippen LogP contribution in [0.3, 0.4) is 0 Å². The summed E-state index contributed by atoms with van der Waals surface area (Å²) < 4.78 is 5.06. The fraction of sp³-hybridized carbons (Fsp3) is 0.0714. The maximum Gasteiger partial charge on any atom is 0.137 e. The smallest absolute Gasteiger partial charge is 0.137 e. The number of nitrogens with one attached hydrogen (secondary N) is 1. The maximum atomic E-state index is 9.56. The summed E-state index contributed by atoms with van der Waals surface area (Å²) in [4.78, 5) is 0. The minimum atomic E-state index is 0.181. The first kappa shape index (κ1) is 13.2. The summed E-state index contributed by atoms with van der Waals surface area (Å²) in [6.07, 6.45) is 1.54. The van der Waals surface area contributed by atoms with E-state index in [1.54, 1.807) is 43.5 Å². The number of hydrogen-bond acceptors (Lipinski definition) is 4. The number of methoxy groups -OCH3 is 1. The van der Waals surface area contributed by atoms with E-state index >= 15 is 0 Å². The van der Waals surface area contributed by atoms with Crippen molar-refractivity contribution in [2.75, 3.05) is 12.5 Å². The molecule has 0 aliphatic carbocycles. The molecule has 19 heavy (non-hydrogen) atoms. The van der Waals surface area contributed by atoms with Crippen LogP contribution in [0.2, 0.25) is 5.02 Å². The minimum absolute atomic E-state index is 0.181. The molecule has 5 heteroatoms. The molecule has 0 heterocycles. The van der Waals surface area contributed by atoms with Gasteiger partial charge in [0.2, 0.25) is 0 Å². The first-order chi connectivity index (χ1) is 9.20. The molecule has 0 fully saturated rings. The number of hydrogen-bond donors (Lipinski definition) is 2. The van der Waals surface area contributed by atoms with Gasteiger partial charge in [0.25, 0.3) is 0 Å². The molecule has 0 atom stereocenters. The molecule has 0 amide bonds. The Balaban J connectivity index is 2.07. The summed E-state index contributed by atoms with van der Waals surface area (Å²) >= 11 is 5.99. The van der Waals surface area contributed by atoms with Gasteiger partial charge in [0.15, 0.2) is 0 Å². The van der Waals surface area contributed by atoms with Gasteiger partial charge in [-0.25, -0.2) is 0 Å². The van der Waals surface area contributed by atoms with E-state index in [1.807, 2.05) is 6.07 Å². The van der Waals surface area contributed by atoms with Gasteiger partial charge >= 0.3 is 0 Å². The van der Waals surface area contributed by atoms with Crippen LogP contribution in [0.5, 0.6) is 11.5 Å². The molecule has 4 nitrogen and oxygen atoms in total. The van der Waals surface area contributed by atoms with Crippen molar-refractivity contribution >= 4 is 23.5 Å². The SMILES string of the molecule is COc1ccc(N/N=C/c2ccccc2O)cc1Cl. The zero-order valence-electron chi connectivity index (χ0n) is 10.3.